The van der Waals surface area contributed by atoms with Crippen LogP contribution in [-0.4, -0.2) is 38.0 Å². The maximum atomic E-state index is 13.9. The van der Waals surface area contributed by atoms with Crippen molar-refractivity contribution >= 4 is 11.0 Å². The molecule has 0 spiro atoms. The third-order valence-electron chi connectivity index (χ3n) is 5.28. The molecule has 7 nitrogen and oxygen atoms in total. The zero-order valence-corrected chi connectivity index (χ0v) is 13.7. The molecular formula is C17H15F2N5O2. The van der Waals surface area contributed by atoms with Gasteiger partial charge in [-0.1, -0.05) is 23.4 Å². The number of hydrogen-bond donors (Lipinski definition) is 0. The van der Waals surface area contributed by atoms with Crippen LogP contribution in [0.15, 0.2) is 29.1 Å². The SMILES string of the molecule is O=c1c2nn(Cc3ccccc3F)c(CF)c2nnn1[C@@H]1[C@@H]2COC[C@@H]21. The molecule has 5 rings (SSSR count). The van der Waals surface area contributed by atoms with Gasteiger partial charge in [0.1, 0.15) is 18.0 Å². The Balaban J connectivity index is 1.58. The summed E-state index contributed by atoms with van der Waals surface area (Å²) in [7, 11) is 0. The van der Waals surface area contributed by atoms with Crippen molar-refractivity contribution in [2.24, 2.45) is 11.8 Å². The predicted octanol–water partition coefficient (Wildman–Crippen LogP) is 1.46. The average Bonchev–Trinajstić information content (AvgIpc) is 2.98. The molecule has 3 aromatic rings. The van der Waals surface area contributed by atoms with Gasteiger partial charge in [-0.25, -0.2) is 13.5 Å². The third-order valence-corrected chi connectivity index (χ3v) is 5.28. The zero-order valence-electron chi connectivity index (χ0n) is 13.7. The molecule has 2 fully saturated rings. The van der Waals surface area contributed by atoms with Gasteiger partial charge in [-0.3, -0.25) is 9.48 Å². The van der Waals surface area contributed by atoms with Gasteiger partial charge in [0.15, 0.2) is 5.52 Å². The van der Waals surface area contributed by atoms with Crippen molar-refractivity contribution < 1.29 is 13.5 Å². The van der Waals surface area contributed by atoms with Gasteiger partial charge in [-0.05, 0) is 6.07 Å². The highest BCUT2D eigenvalue weighted by molar-refractivity contribution is 5.75. The number of alkyl halides is 1. The number of ether oxygens (including phenoxy) is 1. The number of aromatic nitrogens is 5. The van der Waals surface area contributed by atoms with E-state index in [0.29, 0.717) is 18.8 Å². The smallest absolute Gasteiger partial charge is 0.298 e. The van der Waals surface area contributed by atoms with E-state index in [9.17, 15) is 13.6 Å². The second kappa shape index (κ2) is 5.66. The van der Waals surface area contributed by atoms with Gasteiger partial charge in [0.25, 0.3) is 5.56 Å². The Morgan fingerprint density at radius 2 is 1.96 bits per heavy atom. The normalized spacial score (nSPS) is 24.2. The minimum absolute atomic E-state index is 0.0181. The van der Waals surface area contributed by atoms with E-state index >= 15 is 0 Å². The first-order chi connectivity index (χ1) is 12.7. The van der Waals surface area contributed by atoms with Crippen LogP contribution >= 0.6 is 0 Å². The lowest BCUT2D eigenvalue weighted by molar-refractivity contribution is 0.149. The highest BCUT2D eigenvalue weighted by atomic mass is 19.1. The van der Waals surface area contributed by atoms with E-state index in [2.05, 4.69) is 15.4 Å². The van der Waals surface area contributed by atoms with Gasteiger partial charge < -0.3 is 4.74 Å². The van der Waals surface area contributed by atoms with Crippen molar-refractivity contribution in [1.82, 2.24) is 24.8 Å². The Hall–Kier alpha value is -2.68. The van der Waals surface area contributed by atoms with Crippen molar-refractivity contribution in [2.45, 2.75) is 19.3 Å². The highest BCUT2D eigenvalue weighted by Crippen LogP contribution is 2.53. The lowest BCUT2D eigenvalue weighted by Crippen LogP contribution is -2.26. The number of nitrogens with zero attached hydrogens (tertiary/aromatic N) is 5. The standard InChI is InChI=1S/C17H15F2N5O2/c18-5-13-14-15(21-23(13)6-9-3-1-2-4-12(9)19)17(25)24(22-20-14)16-10-7-26-8-11(10)16/h1-4,10-11,16H,5-8H2/t10-,11+,16-. The quantitative estimate of drug-likeness (QED) is 0.705. The molecule has 0 amide bonds. The Bertz CT molecular complexity index is 1050. The summed E-state index contributed by atoms with van der Waals surface area (Å²) in [4.78, 5) is 12.8. The summed E-state index contributed by atoms with van der Waals surface area (Å²) in [5, 5.41) is 12.3. The van der Waals surface area contributed by atoms with Crippen molar-refractivity contribution in [1.29, 1.82) is 0 Å². The molecule has 2 aliphatic rings. The maximum Gasteiger partial charge on any atom is 0.298 e. The lowest BCUT2D eigenvalue weighted by Gasteiger charge is -2.05. The van der Waals surface area contributed by atoms with Crippen LogP contribution in [0.2, 0.25) is 0 Å². The highest BCUT2D eigenvalue weighted by Gasteiger charge is 2.56. The maximum absolute atomic E-state index is 13.9. The number of hydrogen-bond acceptors (Lipinski definition) is 5. The van der Waals surface area contributed by atoms with Gasteiger partial charge in [0.2, 0.25) is 0 Å². The van der Waals surface area contributed by atoms with Crippen LogP contribution in [0.4, 0.5) is 8.78 Å². The monoisotopic (exact) mass is 359 g/mol. The number of benzene rings is 1. The first-order valence-electron chi connectivity index (χ1n) is 8.41. The molecule has 0 N–H and O–H groups in total. The van der Waals surface area contributed by atoms with Gasteiger partial charge >= 0.3 is 0 Å². The Morgan fingerprint density at radius 3 is 2.69 bits per heavy atom. The molecule has 1 aromatic carbocycles. The lowest BCUT2D eigenvalue weighted by atomic mass is 10.2. The topological polar surface area (TPSA) is 74.8 Å². The average molecular weight is 359 g/mol. The predicted molar refractivity (Wildman–Crippen MR) is 86.7 cm³/mol. The molecule has 0 unspecified atom stereocenters. The molecule has 134 valence electrons. The Labute approximate surface area is 146 Å². The largest absolute Gasteiger partial charge is 0.381 e. The molecule has 1 saturated carbocycles. The zero-order chi connectivity index (χ0) is 17.8. The fourth-order valence-corrected chi connectivity index (χ4v) is 3.80. The van der Waals surface area contributed by atoms with Crippen LogP contribution in [0.5, 0.6) is 0 Å². The van der Waals surface area contributed by atoms with E-state index in [-0.39, 0.29) is 41.1 Å². The van der Waals surface area contributed by atoms with Crippen LogP contribution < -0.4 is 5.56 Å². The summed E-state index contributed by atoms with van der Waals surface area (Å²) >= 11 is 0. The van der Waals surface area contributed by atoms with Crippen LogP contribution in [-0.2, 0) is 18.0 Å². The number of fused-ring (bicyclic) bond motifs is 2. The molecule has 1 aliphatic carbocycles. The van der Waals surface area contributed by atoms with E-state index < -0.39 is 18.1 Å². The van der Waals surface area contributed by atoms with Crippen molar-refractivity contribution in [3.8, 4) is 0 Å². The van der Waals surface area contributed by atoms with Gasteiger partial charge in [-0.15, -0.1) is 5.10 Å². The molecule has 26 heavy (non-hydrogen) atoms. The minimum Gasteiger partial charge on any atom is -0.381 e. The van der Waals surface area contributed by atoms with E-state index in [4.69, 9.17) is 4.74 Å². The van der Waals surface area contributed by atoms with Gasteiger partial charge in [0, 0.05) is 17.4 Å². The molecule has 3 heterocycles. The third kappa shape index (κ3) is 2.20. The second-order valence-electron chi connectivity index (χ2n) is 6.72. The molecule has 2 aromatic heterocycles. The molecule has 3 atom stereocenters. The molecule has 0 radical (unpaired) electrons. The number of rotatable bonds is 4. The van der Waals surface area contributed by atoms with Gasteiger partial charge in [0.05, 0.1) is 31.5 Å². The molecule has 1 saturated heterocycles. The summed E-state index contributed by atoms with van der Waals surface area (Å²) in [5.74, 6) is 0.146. The molecule has 0 bridgehead atoms. The van der Waals surface area contributed by atoms with E-state index in [1.54, 1.807) is 18.2 Å². The van der Waals surface area contributed by atoms with E-state index in [1.165, 1.54) is 15.4 Å². The summed E-state index contributed by atoms with van der Waals surface area (Å²) in [6.45, 7) is 0.369. The van der Waals surface area contributed by atoms with E-state index in [0.717, 1.165) is 0 Å². The summed E-state index contributed by atoms with van der Waals surface area (Å²) in [6, 6.07) is 6.17. The first-order valence-corrected chi connectivity index (χ1v) is 8.41. The summed E-state index contributed by atoms with van der Waals surface area (Å²) < 4.78 is 35.5. The van der Waals surface area contributed by atoms with Crippen LogP contribution in [0.3, 0.4) is 0 Å². The van der Waals surface area contributed by atoms with Crippen LogP contribution in [0.1, 0.15) is 17.3 Å². The first kappa shape index (κ1) is 15.6. The van der Waals surface area contributed by atoms with Crippen molar-refractivity contribution in [3.05, 3.63) is 51.7 Å². The minimum atomic E-state index is -0.869. The van der Waals surface area contributed by atoms with Crippen molar-refractivity contribution in [3.63, 3.8) is 0 Å². The summed E-state index contributed by atoms with van der Waals surface area (Å²) in [6.07, 6.45) is 0. The Kier molecular flexibility index (Phi) is 3.39. The molecule has 9 heteroatoms. The number of halogens is 2. The second-order valence-corrected chi connectivity index (χ2v) is 6.72. The Morgan fingerprint density at radius 1 is 1.19 bits per heavy atom. The summed E-state index contributed by atoms with van der Waals surface area (Å²) in [5.41, 5.74) is 0.287. The fourth-order valence-electron chi connectivity index (χ4n) is 3.80. The molecular weight excluding hydrogens is 344 g/mol. The van der Waals surface area contributed by atoms with Crippen LogP contribution in [0.25, 0.3) is 11.0 Å². The van der Waals surface area contributed by atoms with Crippen molar-refractivity contribution in [2.75, 3.05) is 13.2 Å². The van der Waals surface area contributed by atoms with Gasteiger partial charge in [-0.2, -0.15) is 5.10 Å². The fraction of sp³-hybridized carbons (Fsp3) is 0.412. The van der Waals surface area contributed by atoms with E-state index in [1.807, 2.05) is 0 Å². The molecule has 1 aliphatic heterocycles. The van der Waals surface area contributed by atoms with Crippen LogP contribution in [0, 0.1) is 17.7 Å².